The predicted octanol–water partition coefficient (Wildman–Crippen LogP) is 1.79. The highest BCUT2D eigenvalue weighted by atomic mass is 19.1. The number of allylic oxidation sites excluding steroid dienone is 2. The van der Waals surface area contributed by atoms with Crippen molar-refractivity contribution in [1.82, 2.24) is 10.2 Å². The Morgan fingerprint density at radius 3 is 2.67 bits per heavy atom. The van der Waals surface area contributed by atoms with E-state index in [-0.39, 0.29) is 23.0 Å². The lowest BCUT2D eigenvalue weighted by Crippen LogP contribution is -2.50. The van der Waals surface area contributed by atoms with Crippen molar-refractivity contribution >= 4 is 17.7 Å². The quantitative estimate of drug-likeness (QED) is 0.804. The molecule has 7 heteroatoms. The second kappa shape index (κ2) is 6.64. The number of amides is 1. The molecule has 0 saturated carbocycles. The van der Waals surface area contributed by atoms with Gasteiger partial charge in [-0.3, -0.25) is 9.59 Å². The molecule has 1 N–H and O–H groups in total. The number of nitrogens with zero attached hydrogens (tertiary/aromatic N) is 1. The molecule has 1 saturated heterocycles. The summed E-state index contributed by atoms with van der Waals surface area (Å²) in [6.07, 6.45) is 1.75. The van der Waals surface area contributed by atoms with E-state index in [2.05, 4.69) is 5.32 Å². The van der Waals surface area contributed by atoms with Crippen molar-refractivity contribution in [3.63, 3.8) is 0 Å². The van der Waals surface area contributed by atoms with Crippen molar-refractivity contribution in [3.05, 3.63) is 58.2 Å². The molecule has 0 spiro atoms. The van der Waals surface area contributed by atoms with Crippen LogP contribution in [0.25, 0.3) is 0 Å². The number of carbonyl (C=O) groups is 3. The number of esters is 1. The number of nitrogens with one attached hydrogen (secondary N) is 1. The maximum Gasteiger partial charge on any atom is 0.337 e. The van der Waals surface area contributed by atoms with Crippen LogP contribution in [0, 0.1) is 5.82 Å². The molecular weight excluding hydrogens is 351 g/mol. The van der Waals surface area contributed by atoms with Gasteiger partial charge in [-0.05, 0) is 30.5 Å². The molecule has 27 heavy (non-hydrogen) atoms. The maximum atomic E-state index is 13.5. The van der Waals surface area contributed by atoms with Crippen LogP contribution in [0.5, 0.6) is 0 Å². The van der Waals surface area contributed by atoms with E-state index in [1.54, 1.807) is 17.0 Å². The highest BCUT2D eigenvalue weighted by molar-refractivity contribution is 6.09. The molecule has 3 aliphatic rings. The smallest absolute Gasteiger partial charge is 0.337 e. The summed E-state index contributed by atoms with van der Waals surface area (Å²) in [6.45, 7) is 0.923. The van der Waals surface area contributed by atoms with Crippen LogP contribution in [0.2, 0.25) is 0 Å². The van der Waals surface area contributed by atoms with E-state index in [0.29, 0.717) is 43.5 Å². The minimum Gasteiger partial charge on any atom is -0.466 e. The van der Waals surface area contributed by atoms with Crippen LogP contribution < -0.4 is 5.32 Å². The molecular formula is C20H19FN2O4. The van der Waals surface area contributed by atoms with Gasteiger partial charge in [0.15, 0.2) is 5.78 Å². The fraction of sp³-hybridized carbons (Fsp3) is 0.350. The van der Waals surface area contributed by atoms with Crippen molar-refractivity contribution in [2.24, 2.45) is 0 Å². The molecule has 0 bridgehead atoms. The first-order valence-electron chi connectivity index (χ1n) is 8.93. The number of fused-ring (bicyclic) bond motifs is 2. The van der Waals surface area contributed by atoms with E-state index in [0.717, 1.165) is 5.70 Å². The van der Waals surface area contributed by atoms with Gasteiger partial charge in [0, 0.05) is 36.7 Å². The summed E-state index contributed by atoms with van der Waals surface area (Å²) >= 11 is 0. The average Bonchev–Trinajstić information content (AvgIpc) is 2.68. The number of Topliss-reactive ketones (excluding diaryl/α,β-unsaturated/α-hetero) is 1. The first-order valence-corrected chi connectivity index (χ1v) is 8.93. The predicted molar refractivity (Wildman–Crippen MR) is 93.8 cm³/mol. The van der Waals surface area contributed by atoms with Crippen molar-refractivity contribution in [2.75, 3.05) is 20.2 Å². The number of hydrogen-bond acceptors (Lipinski definition) is 5. The van der Waals surface area contributed by atoms with Gasteiger partial charge in [0.05, 0.1) is 12.7 Å². The summed E-state index contributed by atoms with van der Waals surface area (Å²) in [4.78, 5) is 40.0. The Kier molecular flexibility index (Phi) is 4.30. The monoisotopic (exact) mass is 370 g/mol. The molecule has 0 radical (unpaired) electrons. The number of rotatable bonds is 2. The Bertz CT molecular complexity index is 901. The zero-order valence-electron chi connectivity index (χ0n) is 14.9. The molecule has 0 aromatic heterocycles. The van der Waals surface area contributed by atoms with Crippen LogP contribution in [0.1, 0.15) is 30.7 Å². The summed E-state index contributed by atoms with van der Waals surface area (Å²) in [5, 5.41) is 2.76. The van der Waals surface area contributed by atoms with Gasteiger partial charge in [0.2, 0.25) is 0 Å². The van der Waals surface area contributed by atoms with Crippen LogP contribution in [0.15, 0.2) is 46.8 Å². The number of piperazine rings is 1. The highest BCUT2D eigenvalue weighted by Crippen LogP contribution is 2.46. The molecule has 1 aliphatic carbocycles. The van der Waals surface area contributed by atoms with Gasteiger partial charge in [-0.2, -0.15) is 0 Å². The summed E-state index contributed by atoms with van der Waals surface area (Å²) in [5.74, 6) is -2.22. The van der Waals surface area contributed by atoms with Crippen molar-refractivity contribution < 1.29 is 23.5 Å². The Hall–Kier alpha value is -2.96. The summed E-state index contributed by atoms with van der Waals surface area (Å²) < 4.78 is 18.4. The number of hydrogen-bond donors (Lipinski definition) is 1. The molecule has 1 fully saturated rings. The Morgan fingerprint density at radius 1 is 1.22 bits per heavy atom. The largest absolute Gasteiger partial charge is 0.466 e. The number of benzene rings is 1. The van der Waals surface area contributed by atoms with Crippen LogP contribution in [-0.2, 0) is 19.1 Å². The van der Waals surface area contributed by atoms with Crippen molar-refractivity contribution in [3.8, 4) is 0 Å². The first kappa shape index (κ1) is 17.5. The van der Waals surface area contributed by atoms with Crippen LogP contribution in [-0.4, -0.2) is 42.8 Å². The number of carbonyl (C=O) groups excluding carboxylic acids is 3. The van der Waals surface area contributed by atoms with Gasteiger partial charge >= 0.3 is 5.97 Å². The van der Waals surface area contributed by atoms with Gasteiger partial charge in [0.25, 0.3) is 5.91 Å². The zero-order chi connectivity index (χ0) is 19.1. The third-order valence-corrected chi connectivity index (χ3v) is 5.30. The van der Waals surface area contributed by atoms with E-state index in [4.69, 9.17) is 4.74 Å². The lowest BCUT2D eigenvalue weighted by atomic mass is 9.74. The molecule has 2 aliphatic heterocycles. The van der Waals surface area contributed by atoms with Crippen LogP contribution in [0.4, 0.5) is 4.39 Å². The lowest BCUT2D eigenvalue weighted by molar-refractivity contribution is -0.137. The van der Waals surface area contributed by atoms with Crippen molar-refractivity contribution in [2.45, 2.75) is 25.2 Å². The zero-order valence-corrected chi connectivity index (χ0v) is 14.9. The SMILES string of the molecule is COC(=O)C1=C2C(=O)NCCN2C2=C(C(=O)CCC2)[C@@H]1c1ccc(F)cc1. The number of ketones is 1. The van der Waals surface area contributed by atoms with Gasteiger partial charge in [0.1, 0.15) is 11.5 Å². The van der Waals surface area contributed by atoms with Gasteiger partial charge in [-0.1, -0.05) is 12.1 Å². The highest BCUT2D eigenvalue weighted by Gasteiger charge is 2.45. The van der Waals surface area contributed by atoms with Crippen molar-refractivity contribution in [1.29, 1.82) is 0 Å². The van der Waals surface area contributed by atoms with Gasteiger partial charge < -0.3 is 15.0 Å². The number of methoxy groups -OCH3 is 1. The van der Waals surface area contributed by atoms with E-state index in [9.17, 15) is 18.8 Å². The van der Waals surface area contributed by atoms with Gasteiger partial charge in [-0.15, -0.1) is 0 Å². The summed E-state index contributed by atoms with van der Waals surface area (Å²) in [6, 6.07) is 5.67. The molecule has 1 aromatic rings. The molecule has 140 valence electrons. The van der Waals surface area contributed by atoms with E-state index < -0.39 is 17.7 Å². The summed E-state index contributed by atoms with van der Waals surface area (Å²) in [7, 11) is 1.25. The molecule has 4 rings (SSSR count). The minimum absolute atomic E-state index is 0.0444. The number of halogens is 1. The van der Waals surface area contributed by atoms with E-state index in [1.807, 2.05) is 0 Å². The maximum absolute atomic E-state index is 13.5. The third-order valence-electron chi connectivity index (χ3n) is 5.30. The third kappa shape index (κ3) is 2.74. The molecule has 1 amide bonds. The Balaban J connectivity index is 2.00. The topological polar surface area (TPSA) is 75.7 Å². The Morgan fingerprint density at radius 2 is 1.96 bits per heavy atom. The standard InChI is InChI=1S/C20H19FN2O4/c1-27-20(26)17-15(11-5-7-12(21)8-6-11)16-13(3-2-4-14(16)24)23-10-9-22-19(25)18(17)23/h5-8,15H,2-4,9-10H2,1H3,(H,22,25)/t15-/m0/s1. The van der Waals surface area contributed by atoms with Crippen LogP contribution >= 0.6 is 0 Å². The lowest BCUT2D eigenvalue weighted by Gasteiger charge is -2.43. The first-order chi connectivity index (χ1) is 13.0. The summed E-state index contributed by atoms with van der Waals surface area (Å²) in [5.41, 5.74) is 2.26. The normalized spacial score (nSPS) is 22.3. The molecule has 0 unspecified atom stereocenters. The van der Waals surface area contributed by atoms with Gasteiger partial charge in [-0.25, -0.2) is 9.18 Å². The minimum atomic E-state index is -0.740. The molecule has 1 aromatic carbocycles. The fourth-order valence-corrected chi connectivity index (χ4v) is 4.19. The number of ether oxygens (including phenoxy) is 1. The molecule has 2 heterocycles. The van der Waals surface area contributed by atoms with E-state index in [1.165, 1.54) is 19.2 Å². The molecule has 1 atom stereocenters. The van der Waals surface area contributed by atoms with Crippen LogP contribution in [0.3, 0.4) is 0 Å². The second-order valence-corrected chi connectivity index (χ2v) is 6.78. The molecule has 6 nitrogen and oxygen atoms in total. The van der Waals surface area contributed by atoms with E-state index >= 15 is 0 Å². The Labute approximate surface area is 155 Å². The average molecular weight is 370 g/mol. The fourth-order valence-electron chi connectivity index (χ4n) is 4.19. The second-order valence-electron chi connectivity index (χ2n) is 6.78.